The highest BCUT2D eigenvalue weighted by Gasteiger charge is 2.49. The average molecular weight is 348 g/mol. The van der Waals surface area contributed by atoms with Crippen molar-refractivity contribution in [2.24, 2.45) is 5.92 Å². The van der Waals surface area contributed by atoms with E-state index in [1.807, 2.05) is 0 Å². The monoisotopic (exact) mass is 347 g/mol. The van der Waals surface area contributed by atoms with Crippen molar-refractivity contribution in [1.29, 1.82) is 0 Å². The van der Waals surface area contributed by atoms with Crippen molar-refractivity contribution in [1.82, 2.24) is 4.90 Å². The standard InChI is InChI=1S/C20H29NO2S/c1-16-4-2-3-5-18(16)11-21-14-20(15-21)10-19(13-24-20)23-12-17-6-8-22-9-7-17/h2-5,17,19H,6-15H2,1H3. The molecule has 24 heavy (non-hydrogen) atoms. The normalized spacial score (nSPS) is 27.5. The molecule has 3 heterocycles. The topological polar surface area (TPSA) is 21.7 Å². The Morgan fingerprint density at radius 2 is 2.04 bits per heavy atom. The zero-order valence-corrected chi connectivity index (χ0v) is 15.5. The van der Waals surface area contributed by atoms with Crippen molar-refractivity contribution >= 4 is 11.8 Å². The zero-order chi connectivity index (χ0) is 16.4. The minimum absolute atomic E-state index is 0.471. The van der Waals surface area contributed by atoms with E-state index >= 15 is 0 Å². The van der Waals surface area contributed by atoms with E-state index < -0.39 is 0 Å². The Labute approximate surface area is 150 Å². The summed E-state index contributed by atoms with van der Waals surface area (Å²) in [5, 5.41) is 0. The molecule has 1 spiro atoms. The van der Waals surface area contributed by atoms with Crippen LogP contribution in [0.25, 0.3) is 0 Å². The SMILES string of the molecule is Cc1ccccc1CN1CC2(CC(OCC3CCOCC3)CS2)C1. The molecule has 1 aromatic carbocycles. The van der Waals surface area contributed by atoms with Gasteiger partial charge in [-0.15, -0.1) is 11.8 Å². The second-order valence-corrected chi connectivity index (χ2v) is 9.27. The van der Waals surface area contributed by atoms with E-state index in [-0.39, 0.29) is 0 Å². The number of ether oxygens (including phenoxy) is 2. The lowest BCUT2D eigenvalue weighted by Gasteiger charge is -2.47. The molecule has 1 atom stereocenters. The summed E-state index contributed by atoms with van der Waals surface area (Å²) < 4.78 is 12.2. The Hall–Kier alpha value is -0.550. The second-order valence-electron chi connectivity index (χ2n) is 7.78. The van der Waals surface area contributed by atoms with E-state index in [0.717, 1.165) is 32.3 Å². The third-order valence-electron chi connectivity index (χ3n) is 5.76. The Morgan fingerprint density at radius 1 is 1.25 bits per heavy atom. The minimum Gasteiger partial charge on any atom is -0.381 e. The van der Waals surface area contributed by atoms with E-state index in [2.05, 4.69) is 47.9 Å². The maximum absolute atomic E-state index is 6.25. The Morgan fingerprint density at radius 3 is 2.83 bits per heavy atom. The summed E-state index contributed by atoms with van der Waals surface area (Å²) in [4.78, 5) is 2.59. The molecule has 0 aromatic heterocycles. The molecule has 1 aromatic rings. The molecule has 4 heteroatoms. The van der Waals surface area contributed by atoms with Gasteiger partial charge in [-0.3, -0.25) is 4.90 Å². The van der Waals surface area contributed by atoms with Crippen molar-refractivity contribution in [3.63, 3.8) is 0 Å². The van der Waals surface area contributed by atoms with Gasteiger partial charge in [0.1, 0.15) is 0 Å². The highest BCUT2D eigenvalue weighted by Crippen LogP contribution is 2.46. The Kier molecular flexibility index (Phi) is 5.18. The highest BCUT2D eigenvalue weighted by atomic mass is 32.2. The molecule has 0 saturated carbocycles. The van der Waals surface area contributed by atoms with Gasteiger partial charge in [0.05, 0.1) is 6.10 Å². The molecule has 0 amide bonds. The first-order valence-electron chi connectivity index (χ1n) is 9.33. The fourth-order valence-electron chi connectivity index (χ4n) is 4.22. The van der Waals surface area contributed by atoms with Crippen molar-refractivity contribution in [2.75, 3.05) is 38.7 Å². The van der Waals surface area contributed by atoms with Gasteiger partial charge in [0.2, 0.25) is 0 Å². The number of nitrogens with zero attached hydrogens (tertiary/aromatic N) is 1. The van der Waals surface area contributed by atoms with Gasteiger partial charge >= 0.3 is 0 Å². The van der Waals surface area contributed by atoms with Crippen LogP contribution in [0.3, 0.4) is 0 Å². The molecule has 3 fully saturated rings. The third kappa shape index (κ3) is 3.82. The summed E-state index contributed by atoms with van der Waals surface area (Å²) >= 11 is 2.15. The Bertz CT molecular complexity index is 552. The molecule has 1 unspecified atom stereocenters. The van der Waals surface area contributed by atoms with Crippen molar-refractivity contribution in [3.05, 3.63) is 35.4 Å². The van der Waals surface area contributed by atoms with Gasteiger partial charge in [-0.05, 0) is 43.2 Å². The molecule has 3 nitrogen and oxygen atoms in total. The molecule has 0 N–H and O–H groups in total. The van der Waals surface area contributed by atoms with Gasteiger partial charge in [0, 0.05) is 50.0 Å². The van der Waals surface area contributed by atoms with Crippen LogP contribution in [0.1, 0.15) is 30.4 Å². The van der Waals surface area contributed by atoms with Gasteiger partial charge < -0.3 is 9.47 Å². The van der Waals surface area contributed by atoms with Crippen LogP contribution in [0.4, 0.5) is 0 Å². The fraction of sp³-hybridized carbons (Fsp3) is 0.700. The third-order valence-corrected chi connectivity index (χ3v) is 7.34. The van der Waals surface area contributed by atoms with Crippen molar-refractivity contribution in [2.45, 2.75) is 43.6 Å². The maximum atomic E-state index is 6.25. The predicted molar refractivity (Wildman–Crippen MR) is 99.5 cm³/mol. The Balaban J connectivity index is 1.21. The summed E-state index contributed by atoms with van der Waals surface area (Å²) in [6.45, 7) is 8.55. The molecule has 3 aliphatic rings. The molecule has 0 bridgehead atoms. The second kappa shape index (κ2) is 7.36. The van der Waals surface area contributed by atoms with Crippen LogP contribution in [-0.2, 0) is 16.0 Å². The van der Waals surface area contributed by atoms with E-state index in [4.69, 9.17) is 9.47 Å². The maximum Gasteiger partial charge on any atom is 0.0680 e. The number of benzene rings is 1. The quantitative estimate of drug-likeness (QED) is 0.813. The lowest BCUT2D eigenvalue weighted by atomic mass is 9.92. The first-order valence-corrected chi connectivity index (χ1v) is 10.3. The van der Waals surface area contributed by atoms with Crippen LogP contribution in [0.15, 0.2) is 24.3 Å². The molecule has 132 valence electrons. The minimum atomic E-state index is 0.471. The van der Waals surface area contributed by atoms with E-state index in [1.54, 1.807) is 0 Å². The van der Waals surface area contributed by atoms with Crippen LogP contribution in [-0.4, -0.2) is 54.4 Å². The largest absolute Gasteiger partial charge is 0.381 e. The number of hydrogen-bond donors (Lipinski definition) is 0. The molecule has 0 radical (unpaired) electrons. The first-order chi connectivity index (χ1) is 11.7. The molecular weight excluding hydrogens is 318 g/mol. The molecule has 3 saturated heterocycles. The highest BCUT2D eigenvalue weighted by molar-refractivity contribution is 8.01. The number of aryl methyl sites for hydroxylation is 1. The van der Waals surface area contributed by atoms with Crippen LogP contribution >= 0.6 is 11.8 Å². The lowest BCUT2D eigenvalue weighted by molar-refractivity contribution is -0.0133. The lowest BCUT2D eigenvalue weighted by Crippen LogP contribution is -2.58. The average Bonchev–Trinajstić information content (AvgIpc) is 3.00. The zero-order valence-electron chi connectivity index (χ0n) is 14.7. The predicted octanol–water partition coefficient (Wildman–Crippen LogP) is 3.50. The molecule has 0 aliphatic carbocycles. The summed E-state index contributed by atoms with van der Waals surface area (Å²) in [5.41, 5.74) is 2.89. The number of hydrogen-bond acceptors (Lipinski definition) is 4. The van der Waals surface area contributed by atoms with Crippen LogP contribution < -0.4 is 0 Å². The number of thioether (sulfide) groups is 1. The summed E-state index contributed by atoms with van der Waals surface area (Å²) in [5.74, 6) is 1.90. The first kappa shape index (κ1) is 16.9. The fourth-order valence-corrected chi connectivity index (χ4v) is 5.83. The van der Waals surface area contributed by atoms with Gasteiger partial charge in [-0.1, -0.05) is 24.3 Å². The summed E-state index contributed by atoms with van der Waals surface area (Å²) in [7, 11) is 0. The van der Waals surface area contributed by atoms with E-state index in [0.29, 0.717) is 10.9 Å². The van der Waals surface area contributed by atoms with Crippen molar-refractivity contribution < 1.29 is 9.47 Å². The molecule has 4 rings (SSSR count). The number of rotatable bonds is 5. The molecule has 3 aliphatic heterocycles. The van der Waals surface area contributed by atoms with Gasteiger partial charge in [0.15, 0.2) is 0 Å². The van der Waals surface area contributed by atoms with Crippen LogP contribution in [0, 0.1) is 12.8 Å². The van der Waals surface area contributed by atoms with Gasteiger partial charge in [-0.25, -0.2) is 0 Å². The summed E-state index contributed by atoms with van der Waals surface area (Å²) in [6.07, 6.45) is 4.06. The van der Waals surface area contributed by atoms with Gasteiger partial charge in [0.25, 0.3) is 0 Å². The van der Waals surface area contributed by atoms with Crippen LogP contribution in [0.5, 0.6) is 0 Å². The molecular formula is C20H29NO2S. The van der Waals surface area contributed by atoms with E-state index in [9.17, 15) is 0 Å². The van der Waals surface area contributed by atoms with Crippen molar-refractivity contribution in [3.8, 4) is 0 Å². The van der Waals surface area contributed by atoms with E-state index in [1.165, 1.54) is 49.2 Å². The van der Waals surface area contributed by atoms with Crippen LogP contribution in [0.2, 0.25) is 0 Å². The number of likely N-dealkylation sites (tertiary alicyclic amines) is 1. The van der Waals surface area contributed by atoms with Gasteiger partial charge in [-0.2, -0.15) is 0 Å². The smallest absolute Gasteiger partial charge is 0.0680 e. The summed E-state index contributed by atoms with van der Waals surface area (Å²) in [6, 6.07) is 8.77.